The van der Waals surface area contributed by atoms with E-state index in [0.29, 0.717) is 5.92 Å². The minimum Gasteiger partial charge on any atom is -0.323 e. The van der Waals surface area contributed by atoms with Gasteiger partial charge in [0, 0.05) is 41.8 Å². The van der Waals surface area contributed by atoms with E-state index in [1.165, 1.54) is 5.56 Å². The third-order valence-electron chi connectivity index (χ3n) is 6.90. The highest BCUT2D eigenvalue weighted by molar-refractivity contribution is 5.59. The van der Waals surface area contributed by atoms with Crippen LogP contribution in [0.4, 0.5) is 0 Å². The molecular formula is C29H29N7. The quantitative estimate of drug-likeness (QED) is 0.356. The van der Waals surface area contributed by atoms with Crippen molar-refractivity contribution in [3.05, 3.63) is 102 Å². The topological polar surface area (TPSA) is 75.5 Å². The SMILES string of the molecule is Cc1cccc(-c2nnc(C3CCN(Cc4ccc(-c5nccn5-c5ccccc5)cc4)CC3)[nH]2)n1. The standard InChI is InChI=1S/C29H29N7/c1-21-6-5-9-26(31-21)28-32-27(33-34-28)23-14-17-35(18-15-23)20-22-10-12-24(13-11-22)29-30-16-19-36(29)25-7-3-2-4-8-25/h2-13,16,19,23H,14-15,17-18,20H2,1H3,(H,32,33,34). The summed E-state index contributed by atoms with van der Waals surface area (Å²) in [5.74, 6) is 3.10. The second kappa shape index (κ2) is 9.87. The van der Waals surface area contributed by atoms with E-state index in [0.717, 1.165) is 72.6 Å². The molecule has 7 nitrogen and oxygen atoms in total. The number of likely N-dealkylation sites (tertiary alicyclic amines) is 1. The first-order valence-electron chi connectivity index (χ1n) is 12.5. The molecule has 2 aromatic carbocycles. The number of hydrogen-bond acceptors (Lipinski definition) is 5. The molecule has 3 aromatic heterocycles. The van der Waals surface area contributed by atoms with Crippen molar-refractivity contribution < 1.29 is 0 Å². The van der Waals surface area contributed by atoms with Gasteiger partial charge >= 0.3 is 0 Å². The minimum absolute atomic E-state index is 0.409. The number of imidazole rings is 1. The van der Waals surface area contributed by atoms with Gasteiger partial charge in [0.1, 0.15) is 17.3 Å². The normalized spacial score (nSPS) is 14.8. The Kier molecular flexibility index (Phi) is 6.13. The van der Waals surface area contributed by atoms with Gasteiger partial charge < -0.3 is 4.98 Å². The van der Waals surface area contributed by atoms with E-state index in [1.54, 1.807) is 0 Å². The maximum Gasteiger partial charge on any atom is 0.180 e. The summed E-state index contributed by atoms with van der Waals surface area (Å²) in [7, 11) is 0. The Hall–Kier alpha value is -4.10. The zero-order valence-electron chi connectivity index (χ0n) is 20.4. The Labute approximate surface area is 210 Å². The van der Waals surface area contributed by atoms with Crippen molar-refractivity contribution in [3.8, 4) is 28.6 Å². The summed E-state index contributed by atoms with van der Waals surface area (Å²) in [6.07, 6.45) is 6.01. The Bertz CT molecular complexity index is 1430. The van der Waals surface area contributed by atoms with Gasteiger partial charge in [-0.1, -0.05) is 48.5 Å². The van der Waals surface area contributed by atoms with Crippen molar-refractivity contribution in [3.63, 3.8) is 0 Å². The van der Waals surface area contributed by atoms with Crippen LogP contribution in [0.15, 0.2) is 85.2 Å². The van der Waals surface area contributed by atoms with Crippen molar-refractivity contribution >= 4 is 0 Å². The summed E-state index contributed by atoms with van der Waals surface area (Å²) in [4.78, 5) is 15.1. The van der Waals surface area contributed by atoms with Gasteiger partial charge in [-0.15, -0.1) is 10.2 Å². The lowest BCUT2D eigenvalue weighted by Gasteiger charge is -2.30. The number of aromatic amines is 1. The van der Waals surface area contributed by atoms with E-state index >= 15 is 0 Å². The van der Waals surface area contributed by atoms with Gasteiger partial charge in [0.25, 0.3) is 0 Å². The number of nitrogens with one attached hydrogen (secondary N) is 1. The molecule has 0 saturated carbocycles. The molecule has 0 unspecified atom stereocenters. The molecule has 0 bridgehead atoms. The molecule has 180 valence electrons. The molecule has 6 rings (SSSR count). The number of pyridine rings is 1. The van der Waals surface area contributed by atoms with Crippen LogP contribution in [0, 0.1) is 6.92 Å². The maximum absolute atomic E-state index is 4.61. The van der Waals surface area contributed by atoms with Crippen LogP contribution in [0.2, 0.25) is 0 Å². The molecule has 0 radical (unpaired) electrons. The number of H-pyrrole nitrogens is 1. The predicted octanol–water partition coefficient (Wildman–Crippen LogP) is 5.41. The Morgan fingerprint density at radius 3 is 2.47 bits per heavy atom. The Morgan fingerprint density at radius 2 is 1.69 bits per heavy atom. The largest absolute Gasteiger partial charge is 0.323 e. The van der Waals surface area contributed by atoms with Crippen LogP contribution in [0.1, 0.15) is 35.8 Å². The van der Waals surface area contributed by atoms with E-state index in [1.807, 2.05) is 55.7 Å². The predicted molar refractivity (Wildman–Crippen MR) is 141 cm³/mol. The summed E-state index contributed by atoms with van der Waals surface area (Å²) in [5, 5.41) is 8.80. The average molecular weight is 476 g/mol. The molecule has 0 atom stereocenters. The molecule has 5 aromatic rings. The molecule has 1 N–H and O–H groups in total. The molecule has 1 aliphatic heterocycles. The zero-order valence-corrected chi connectivity index (χ0v) is 20.4. The fraction of sp³-hybridized carbons (Fsp3) is 0.241. The van der Waals surface area contributed by atoms with Crippen LogP contribution in [0.3, 0.4) is 0 Å². The van der Waals surface area contributed by atoms with Gasteiger partial charge in [0.15, 0.2) is 5.82 Å². The van der Waals surface area contributed by atoms with E-state index in [4.69, 9.17) is 0 Å². The van der Waals surface area contributed by atoms with Gasteiger partial charge in [0.2, 0.25) is 0 Å². The average Bonchev–Trinajstić information content (AvgIpc) is 3.61. The third-order valence-corrected chi connectivity index (χ3v) is 6.90. The molecule has 0 amide bonds. The molecule has 0 spiro atoms. The van der Waals surface area contributed by atoms with Crippen LogP contribution in [0.25, 0.3) is 28.6 Å². The van der Waals surface area contributed by atoms with Crippen molar-refractivity contribution in [1.29, 1.82) is 0 Å². The van der Waals surface area contributed by atoms with Gasteiger partial charge in [-0.05, 0) is 62.7 Å². The first kappa shape index (κ1) is 22.4. The first-order valence-corrected chi connectivity index (χ1v) is 12.5. The van der Waals surface area contributed by atoms with Crippen LogP contribution < -0.4 is 0 Å². The van der Waals surface area contributed by atoms with Gasteiger partial charge in [0.05, 0.1) is 0 Å². The summed E-state index contributed by atoms with van der Waals surface area (Å²) < 4.78 is 2.13. The highest BCUT2D eigenvalue weighted by atomic mass is 15.2. The number of para-hydroxylation sites is 1. The number of aryl methyl sites for hydroxylation is 1. The van der Waals surface area contributed by atoms with E-state index in [-0.39, 0.29) is 0 Å². The Morgan fingerprint density at radius 1 is 0.889 bits per heavy atom. The maximum atomic E-state index is 4.61. The fourth-order valence-corrected chi connectivity index (χ4v) is 4.94. The molecule has 36 heavy (non-hydrogen) atoms. The van der Waals surface area contributed by atoms with Gasteiger partial charge in [-0.3, -0.25) is 9.47 Å². The van der Waals surface area contributed by atoms with Crippen molar-refractivity contribution in [2.45, 2.75) is 32.2 Å². The highest BCUT2D eigenvalue weighted by Gasteiger charge is 2.24. The lowest BCUT2D eigenvalue weighted by atomic mass is 9.96. The van der Waals surface area contributed by atoms with E-state index in [2.05, 4.69) is 71.0 Å². The highest BCUT2D eigenvalue weighted by Crippen LogP contribution is 2.28. The summed E-state index contributed by atoms with van der Waals surface area (Å²) >= 11 is 0. The van der Waals surface area contributed by atoms with Crippen LogP contribution in [-0.2, 0) is 6.54 Å². The monoisotopic (exact) mass is 475 g/mol. The fourth-order valence-electron chi connectivity index (χ4n) is 4.94. The number of nitrogens with zero attached hydrogens (tertiary/aromatic N) is 6. The minimum atomic E-state index is 0.409. The van der Waals surface area contributed by atoms with Crippen LogP contribution >= 0.6 is 0 Å². The number of benzene rings is 2. The molecule has 1 saturated heterocycles. The lowest BCUT2D eigenvalue weighted by molar-refractivity contribution is 0.202. The van der Waals surface area contributed by atoms with Crippen molar-refractivity contribution in [2.75, 3.05) is 13.1 Å². The molecule has 1 aliphatic rings. The lowest BCUT2D eigenvalue weighted by Crippen LogP contribution is -2.32. The van der Waals surface area contributed by atoms with E-state index < -0.39 is 0 Å². The smallest absolute Gasteiger partial charge is 0.180 e. The number of piperidine rings is 1. The molecular weight excluding hydrogens is 446 g/mol. The van der Waals surface area contributed by atoms with Crippen molar-refractivity contribution in [2.24, 2.45) is 0 Å². The molecule has 0 aliphatic carbocycles. The second-order valence-electron chi connectivity index (χ2n) is 9.43. The first-order chi connectivity index (χ1) is 17.7. The molecule has 1 fully saturated rings. The third kappa shape index (κ3) is 4.70. The van der Waals surface area contributed by atoms with Crippen LogP contribution in [0.5, 0.6) is 0 Å². The van der Waals surface area contributed by atoms with Gasteiger partial charge in [-0.2, -0.15) is 0 Å². The molecule has 4 heterocycles. The zero-order chi connectivity index (χ0) is 24.3. The summed E-state index contributed by atoms with van der Waals surface area (Å²) in [6.45, 7) is 5.03. The number of hydrogen-bond donors (Lipinski definition) is 1. The number of aromatic nitrogens is 6. The van der Waals surface area contributed by atoms with Gasteiger partial charge in [-0.25, -0.2) is 9.97 Å². The second-order valence-corrected chi connectivity index (χ2v) is 9.43. The Balaban J connectivity index is 1.07. The van der Waals surface area contributed by atoms with Crippen LogP contribution in [-0.4, -0.2) is 47.7 Å². The summed E-state index contributed by atoms with van der Waals surface area (Å²) in [5.41, 5.74) is 5.39. The molecule has 7 heteroatoms. The summed E-state index contributed by atoms with van der Waals surface area (Å²) in [6, 6.07) is 25.1. The van der Waals surface area contributed by atoms with E-state index in [9.17, 15) is 0 Å². The van der Waals surface area contributed by atoms with Crippen molar-refractivity contribution in [1.82, 2.24) is 34.6 Å². The number of rotatable bonds is 6.